The fourth-order valence-electron chi connectivity index (χ4n) is 3.23. The van der Waals surface area contributed by atoms with Gasteiger partial charge >= 0.3 is 0 Å². The van der Waals surface area contributed by atoms with Crippen molar-refractivity contribution >= 4 is 50.9 Å². The fraction of sp³-hybridized carbons (Fsp3) is 0.130. The van der Waals surface area contributed by atoms with Crippen molar-refractivity contribution in [3.05, 3.63) is 94.0 Å². The summed E-state index contributed by atoms with van der Waals surface area (Å²) in [7, 11) is 0. The molecule has 0 spiro atoms. The standard InChI is InChI=1S/C23H19BrN2O2S/c1-15-5-11-20(12-6-15)26-21(27)14-29-23(26)17-3-2-4-19(13-17)25-22(28)16-7-9-18(24)10-8-16/h2-13,23H,14H2,1H3,(H,25,28). The number of benzene rings is 3. The molecule has 0 aliphatic carbocycles. The molecule has 1 heterocycles. The first-order chi connectivity index (χ1) is 14.0. The molecule has 1 aliphatic heterocycles. The summed E-state index contributed by atoms with van der Waals surface area (Å²) in [6.45, 7) is 2.03. The fourth-order valence-corrected chi connectivity index (χ4v) is 4.66. The highest BCUT2D eigenvalue weighted by molar-refractivity contribution is 9.10. The summed E-state index contributed by atoms with van der Waals surface area (Å²) >= 11 is 4.97. The molecule has 4 rings (SSSR count). The summed E-state index contributed by atoms with van der Waals surface area (Å²) in [6.07, 6.45) is 0. The van der Waals surface area contributed by atoms with E-state index < -0.39 is 0 Å². The van der Waals surface area contributed by atoms with E-state index in [2.05, 4.69) is 21.2 Å². The summed E-state index contributed by atoms with van der Waals surface area (Å²) in [5.74, 6) is 0.363. The van der Waals surface area contributed by atoms with Gasteiger partial charge in [0.05, 0.1) is 5.75 Å². The zero-order valence-electron chi connectivity index (χ0n) is 15.8. The maximum absolute atomic E-state index is 12.6. The van der Waals surface area contributed by atoms with Crippen LogP contribution in [0, 0.1) is 6.92 Å². The van der Waals surface area contributed by atoms with Crippen molar-refractivity contribution in [2.45, 2.75) is 12.3 Å². The molecule has 146 valence electrons. The Labute approximate surface area is 182 Å². The number of thioether (sulfide) groups is 1. The smallest absolute Gasteiger partial charge is 0.255 e. The Balaban J connectivity index is 1.57. The molecular formula is C23H19BrN2O2S. The summed E-state index contributed by atoms with van der Waals surface area (Å²) in [6, 6.07) is 22.9. The summed E-state index contributed by atoms with van der Waals surface area (Å²) in [5, 5.41) is 2.83. The van der Waals surface area contributed by atoms with Crippen molar-refractivity contribution in [2.75, 3.05) is 16.0 Å². The highest BCUT2D eigenvalue weighted by Gasteiger charge is 2.34. The quantitative estimate of drug-likeness (QED) is 0.529. The van der Waals surface area contributed by atoms with Gasteiger partial charge in [-0.3, -0.25) is 14.5 Å². The number of rotatable bonds is 4. The van der Waals surface area contributed by atoms with Crippen molar-refractivity contribution in [3.63, 3.8) is 0 Å². The van der Waals surface area contributed by atoms with E-state index in [1.165, 1.54) is 0 Å². The second-order valence-corrected chi connectivity index (χ2v) is 8.83. The van der Waals surface area contributed by atoms with Crippen LogP contribution in [0.3, 0.4) is 0 Å². The van der Waals surface area contributed by atoms with Crippen LogP contribution >= 0.6 is 27.7 Å². The van der Waals surface area contributed by atoms with Gasteiger partial charge in [-0.2, -0.15) is 0 Å². The first-order valence-corrected chi connectivity index (χ1v) is 11.0. The average molecular weight is 467 g/mol. The van der Waals surface area contributed by atoms with Crippen LogP contribution in [0.15, 0.2) is 77.3 Å². The molecule has 1 aliphatic rings. The topological polar surface area (TPSA) is 49.4 Å². The molecule has 0 bridgehead atoms. The Bertz CT molecular complexity index is 1050. The molecule has 1 unspecified atom stereocenters. The number of aryl methyl sites for hydroxylation is 1. The van der Waals surface area contributed by atoms with Gasteiger partial charge in [-0.05, 0) is 61.0 Å². The van der Waals surface area contributed by atoms with Gasteiger partial charge in [0.25, 0.3) is 5.91 Å². The van der Waals surface area contributed by atoms with Crippen LogP contribution < -0.4 is 10.2 Å². The normalized spacial score (nSPS) is 16.1. The summed E-state index contributed by atoms with van der Waals surface area (Å²) in [4.78, 5) is 26.9. The largest absolute Gasteiger partial charge is 0.322 e. The van der Waals surface area contributed by atoms with Crippen LogP contribution in [0.1, 0.15) is 26.9 Å². The predicted octanol–water partition coefficient (Wildman–Crippen LogP) is 5.79. The van der Waals surface area contributed by atoms with E-state index >= 15 is 0 Å². The van der Waals surface area contributed by atoms with E-state index in [-0.39, 0.29) is 17.2 Å². The average Bonchev–Trinajstić information content (AvgIpc) is 3.11. The number of carbonyl (C=O) groups excluding carboxylic acids is 2. The molecule has 29 heavy (non-hydrogen) atoms. The Morgan fingerprint density at radius 2 is 1.79 bits per heavy atom. The first kappa shape index (κ1) is 19.7. The van der Waals surface area contributed by atoms with E-state index in [0.29, 0.717) is 17.0 Å². The van der Waals surface area contributed by atoms with Crippen LogP contribution in [-0.2, 0) is 4.79 Å². The van der Waals surface area contributed by atoms with Gasteiger partial charge in [-0.15, -0.1) is 11.8 Å². The zero-order valence-corrected chi connectivity index (χ0v) is 18.2. The van der Waals surface area contributed by atoms with Gasteiger partial charge in [0.15, 0.2) is 0 Å². The lowest BCUT2D eigenvalue weighted by atomic mass is 10.1. The van der Waals surface area contributed by atoms with Gasteiger partial charge < -0.3 is 5.32 Å². The number of hydrogen-bond donors (Lipinski definition) is 1. The van der Waals surface area contributed by atoms with Crippen LogP contribution in [0.2, 0.25) is 0 Å². The minimum atomic E-state index is -0.166. The third-order valence-electron chi connectivity index (χ3n) is 4.72. The third-order valence-corrected chi connectivity index (χ3v) is 6.46. The number of nitrogens with zero attached hydrogens (tertiary/aromatic N) is 1. The molecule has 1 atom stereocenters. The Morgan fingerprint density at radius 3 is 2.52 bits per heavy atom. The van der Waals surface area contributed by atoms with Crippen LogP contribution in [-0.4, -0.2) is 17.6 Å². The lowest BCUT2D eigenvalue weighted by molar-refractivity contribution is -0.115. The summed E-state index contributed by atoms with van der Waals surface area (Å²) < 4.78 is 0.926. The second kappa shape index (κ2) is 8.43. The monoisotopic (exact) mass is 466 g/mol. The molecule has 6 heteroatoms. The van der Waals surface area contributed by atoms with Gasteiger partial charge in [0.1, 0.15) is 5.37 Å². The van der Waals surface area contributed by atoms with Crippen molar-refractivity contribution in [2.24, 2.45) is 0 Å². The highest BCUT2D eigenvalue weighted by atomic mass is 79.9. The maximum atomic E-state index is 12.6. The van der Waals surface area contributed by atoms with E-state index in [1.54, 1.807) is 23.9 Å². The Hall–Kier alpha value is -2.57. The van der Waals surface area contributed by atoms with Crippen LogP contribution in [0.5, 0.6) is 0 Å². The van der Waals surface area contributed by atoms with Crippen molar-refractivity contribution in [1.29, 1.82) is 0 Å². The second-order valence-electron chi connectivity index (χ2n) is 6.85. The molecule has 0 aromatic heterocycles. The minimum absolute atomic E-state index is 0.0909. The van der Waals surface area contributed by atoms with Gasteiger partial charge in [0.2, 0.25) is 5.91 Å². The number of carbonyl (C=O) groups is 2. The first-order valence-electron chi connectivity index (χ1n) is 9.18. The molecule has 3 aromatic carbocycles. The summed E-state index contributed by atoms with van der Waals surface area (Å²) in [5.41, 5.74) is 4.32. The van der Waals surface area contributed by atoms with Gasteiger partial charge in [-0.1, -0.05) is 45.8 Å². The molecule has 1 N–H and O–H groups in total. The number of hydrogen-bond acceptors (Lipinski definition) is 3. The van der Waals surface area contributed by atoms with Gasteiger partial charge in [-0.25, -0.2) is 0 Å². The van der Waals surface area contributed by atoms with E-state index in [0.717, 1.165) is 21.3 Å². The van der Waals surface area contributed by atoms with Gasteiger partial charge in [0, 0.05) is 21.4 Å². The lowest BCUT2D eigenvalue weighted by Crippen LogP contribution is -2.27. The molecule has 0 radical (unpaired) electrons. The van der Waals surface area contributed by atoms with Crippen molar-refractivity contribution < 1.29 is 9.59 Å². The maximum Gasteiger partial charge on any atom is 0.255 e. The van der Waals surface area contributed by atoms with Crippen molar-refractivity contribution in [1.82, 2.24) is 0 Å². The van der Waals surface area contributed by atoms with Crippen molar-refractivity contribution in [3.8, 4) is 0 Å². The molecule has 3 aromatic rings. The minimum Gasteiger partial charge on any atom is -0.322 e. The lowest BCUT2D eigenvalue weighted by Gasteiger charge is -2.25. The molecule has 1 saturated heterocycles. The van der Waals surface area contributed by atoms with Crippen LogP contribution in [0.25, 0.3) is 0 Å². The zero-order chi connectivity index (χ0) is 20.4. The van der Waals surface area contributed by atoms with E-state index in [9.17, 15) is 9.59 Å². The highest BCUT2D eigenvalue weighted by Crippen LogP contribution is 2.42. The number of halogens is 1. The van der Waals surface area contributed by atoms with E-state index in [4.69, 9.17) is 0 Å². The molecule has 1 fully saturated rings. The number of anilines is 2. The molecule has 2 amide bonds. The molecular weight excluding hydrogens is 448 g/mol. The van der Waals surface area contributed by atoms with Crippen LogP contribution in [0.4, 0.5) is 11.4 Å². The number of nitrogens with one attached hydrogen (secondary N) is 1. The van der Waals surface area contributed by atoms with E-state index in [1.807, 2.05) is 72.5 Å². The molecule has 4 nitrogen and oxygen atoms in total. The predicted molar refractivity (Wildman–Crippen MR) is 122 cm³/mol. The Morgan fingerprint density at radius 1 is 1.07 bits per heavy atom. The SMILES string of the molecule is Cc1ccc(N2C(=O)CSC2c2cccc(NC(=O)c3ccc(Br)cc3)c2)cc1. The number of amides is 2. The Kier molecular flexibility index (Phi) is 5.74. The molecule has 0 saturated carbocycles. The third kappa shape index (κ3) is 4.38.